The van der Waals surface area contributed by atoms with Crippen LogP contribution >= 0.6 is 0 Å². The number of ether oxygens (including phenoxy) is 1. The summed E-state index contributed by atoms with van der Waals surface area (Å²) in [6.07, 6.45) is 2.47. The van der Waals surface area contributed by atoms with Crippen molar-refractivity contribution in [3.05, 3.63) is 46.6 Å². The van der Waals surface area contributed by atoms with E-state index in [2.05, 4.69) is 11.2 Å². The van der Waals surface area contributed by atoms with Crippen LogP contribution in [0.15, 0.2) is 35.4 Å². The number of fused-ring (bicyclic) bond motifs is 1. The van der Waals surface area contributed by atoms with Gasteiger partial charge in [-0.15, -0.1) is 0 Å². The van der Waals surface area contributed by atoms with E-state index < -0.39 is 0 Å². The van der Waals surface area contributed by atoms with Gasteiger partial charge in [-0.3, -0.25) is 4.57 Å². The molecule has 1 aromatic heterocycles. The lowest BCUT2D eigenvalue weighted by atomic mass is 9.93. The number of rotatable bonds is 2. The van der Waals surface area contributed by atoms with Crippen LogP contribution in [0.25, 0.3) is 0 Å². The van der Waals surface area contributed by atoms with Crippen molar-refractivity contribution < 1.29 is 4.74 Å². The Morgan fingerprint density at radius 3 is 3.06 bits per heavy atom. The first kappa shape index (κ1) is 11.1. The van der Waals surface area contributed by atoms with Gasteiger partial charge in [-0.25, -0.2) is 9.48 Å². The quantitative estimate of drug-likeness (QED) is 0.797. The van der Waals surface area contributed by atoms with Crippen LogP contribution in [0.1, 0.15) is 17.9 Å². The van der Waals surface area contributed by atoms with Crippen LogP contribution in [0, 0.1) is 0 Å². The molecule has 94 valence electrons. The van der Waals surface area contributed by atoms with E-state index in [0.29, 0.717) is 19.1 Å². The molecule has 0 saturated heterocycles. The standard InChI is InChI=1S/C13H15N3O2/c1-15-9-14-16(13(15)17)8-10-6-7-18-12-5-3-2-4-11(10)12/h2-5,9-10H,6-8H2,1H3. The maximum Gasteiger partial charge on any atom is 0.345 e. The smallest absolute Gasteiger partial charge is 0.345 e. The molecular weight excluding hydrogens is 230 g/mol. The van der Waals surface area contributed by atoms with Gasteiger partial charge in [0.05, 0.1) is 13.2 Å². The molecule has 5 heteroatoms. The third kappa shape index (κ3) is 1.81. The molecule has 2 heterocycles. The summed E-state index contributed by atoms with van der Waals surface area (Å²) < 4.78 is 8.63. The Kier molecular flexibility index (Phi) is 2.66. The van der Waals surface area contributed by atoms with E-state index in [9.17, 15) is 4.79 Å². The van der Waals surface area contributed by atoms with Crippen molar-refractivity contribution in [2.75, 3.05) is 6.61 Å². The molecule has 1 aliphatic heterocycles. The first-order valence-electron chi connectivity index (χ1n) is 6.06. The van der Waals surface area contributed by atoms with E-state index >= 15 is 0 Å². The molecule has 0 saturated carbocycles. The molecule has 5 nitrogen and oxygen atoms in total. The predicted octanol–water partition coefficient (Wildman–Crippen LogP) is 1.15. The Morgan fingerprint density at radius 1 is 1.44 bits per heavy atom. The minimum atomic E-state index is -0.0704. The first-order valence-corrected chi connectivity index (χ1v) is 6.06. The zero-order valence-corrected chi connectivity index (χ0v) is 10.2. The Hall–Kier alpha value is -2.04. The highest BCUT2D eigenvalue weighted by atomic mass is 16.5. The summed E-state index contributed by atoms with van der Waals surface area (Å²) >= 11 is 0. The van der Waals surface area contributed by atoms with Gasteiger partial charge in [0, 0.05) is 13.0 Å². The Morgan fingerprint density at radius 2 is 2.28 bits per heavy atom. The monoisotopic (exact) mass is 245 g/mol. The zero-order chi connectivity index (χ0) is 12.5. The highest BCUT2D eigenvalue weighted by molar-refractivity contribution is 5.37. The van der Waals surface area contributed by atoms with Crippen LogP contribution in [0.3, 0.4) is 0 Å². The second-order valence-corrected chi connectivity index (χ2v) is 4.58. The average Bonchev–Trinajstić information content (AvgIpc) is 2.71. The van der Waals surface area contributed by atoms with Gasteiger partial charge >= 0.3 is 5.69 Å². The largest absolute Gasteiger partial charge is 0.493 e. The van der Waals surface area contributed by atoms with E-state index in [0.717, 1.165) is 12.2 Å². The van der Waals surface area contributed by atoms with Crippen LogP contribution in [-0.4, -0.2) is 21.0 Å². The van der Waals surface area contributed by atoms with Gasteiger partial charge < -0.3 is 4.74 Å². The summed E-state index contributed by atoms with van der Waals surface area (Å²) in [7, 11) is 1.71. The fourth-order valence-corrected chi connectivity index (χ4v) is 2.36. The number of aryl methyl sites for hydroxylation is 1. The molecule has 0 bridgehead atoms. The van der Waals surface area contributed by atoms with Crippen molar-refractivity contribution in [2.45, 2.75) is 18.9 Å². The van der Waals surface area contributed by atoms with Crippen molar-refractivity contribution in [3.8, 4) is 5.75 Å². The second kappa shape index (κ2) is 4.33. The van der Waals surface area contributed by atoms with Crippen LogP contribution in [0.2, 0.25) is 0 Å². The Bertz CT molecular complexity index is 615. The molecule has 1 unspecified atom stereocenters. The molecular formula is C13H15N3O2. The zero-order valence-electron chi connectivity index (χ0n) is 10.2. The molecule has 1 atom stereocenters. The van der Waals surface area contributed by atoms with E-state index in [1.807, 2.05) is 18.2 Å². The van der Waals surface area contributed by atoms with Crippen molar-refractivity contribution in [3.63, 3.8) is 0 Å². The molecule has 0 fully saturated rings. The average molecular weight is 245 g/mol. The molecule has 0 radical (unpaired) electrons. The molecule has 1 aliphatic rings. The SMILES string of the molecule is Cn1cnn(CC2CCOc3ccccc32)c1=O. The number of hydrogen-bond donors (Lipinski definition) is 0. The highest BCUT2D eigenvalue weighted by Gasteiger charge is 2.22. The maximum atomic E-state index is 11.8. The van der Waals surface area contributed by atoms with Gasteiger partial charge in [-0.05, 0) is 18.1 Å². The lowest BCUT2D eigenvalue weighted by Crippen LogP contribution is -2.27. The number of benzene rings is 1. The van der Waals surface area contributed by atoms with Crippen molar-refractivity contribution in [1.82, 2.24) is 14.3 Å². The van der Waals surface area contributed by atoms with Gasteiger partial charge in [-0.1, -0.05) is 18.2 Å². The van der Waals surface area contributed by atoms with Gasteiger partial charge in [0.1, 0.15) is 12.1 Å². The summed E-state index contributed by atoms with van der Waals surface area (Å²) in [6.45, 7) is 1.31. The minimum Gasteiger partial charge on any atom is -0.493 e. The Labute approximate surface area is 105 Å². The summed E-state index contributed by atoms with van der Waals surface area (Å²) in [6, 6.07) is 8.01. The number of nitrogens with zero attached hydrogens (tertiary/aromatic N) is 3. The summed E-state index contributed by atoms with van der Waals surface area (Å²) in [5, 5.41) is 4.11. The predicted molar refractivity (Wildman–Crippen MR) is 66.8 cm³/mol. The molecule has 2 aromatic rings. The van der Waals surface area contributed by atoms with E-state index in [1.165, 1.54) is 14.8 Å². The van der Waals surface area contributed by atoms with Gasteiger partial charge in [0.25, 0.3) is 0 Å². The van der Waals surface area contributed by atoms with Crippen LogP contribution in [0.5, 0.6) is 5.75 Å². The summed E-state index contributed by atoms with van der Waals surface area (Å²) in [5.74, 6) is 1.22. The fraction of sp³-hybridized carbons (Fsp3) is 0.385. The van der Waals surface area contributed by atoms with Crippen LogP contribution < -0.4 is 10.4 Å². The van der Waals surface area contributed by atoms with Crippen molar-refractivity contribution in [1.29, 1.82) is 0 Å². The lowest BCUT2D eigenvalue weighted by molar-refractivity contribution is 0.255. The maximum absolute atomic E-state index is 11.8. The molecule has 18 heavy (non-hydrogen) atoms. The summed E-state index contributed by atoms with van der Waals surface area (Å²) in [4.78, 5) is 11.8. The van der Waals surface area contributed by atoms with Gasteiger partial charge in [0.15, 0.2) is 0 Å². The van der Waals surface area contributed by atoms with E-state index in [4.69, 9.17) is 4.74 Å². The molecule has 0 spiro atoms. The summed E-state index contributed by atoms with van der Waals surface area (Å²) in [5.41, 5.74) is 1.10. The normalized spacial score (nSPS) is 18.2. The lowest BCUT2D eigenvalue weighted by Gasteiger charge is -2.25. The van der Waals surface area contributed by atoms with Crippen molar-refractivity contribution in [2.24, 2.45) is 7.05 Å². The molecule has 0 amide bonds. The first-order chi connectivity index (χ1) is 8.75. The number of aromatic nitrogens is 3. The van der Waals surface area contributed by atoms with Crippen molar-refractivity contribution >= 4 is 0 Å². The van der Waals surface area contributed by atoms with Crippen LogP contribution in [-0.2, 0) is 13.6 Å². The topological polar surface area (TPSA) is 49.0 Å². The van der Waals surface area contributed by atoms with E-state index in [-0.39, 0.29) is 5.69 Å². The van der Waals surface area contributed by atoms with Gasteiger partial charge in [0.2, 0.25) is 0 Å². The van der Waals surface area contributed by atoms with Gasteiger partial charge in [-0.2, -0.15) is 5.10 Å². The fourth-order valence-electron chi connectivity index (χ4n) is 2.36. The molecule has 0 N–H and O–H groups in total. The Balaban J connectivity index is 1.91. The third-order valence-corrected chi connectivity index (χ3v) is 3.36. The number of hydrogen-bond acceptors (Lipinski definition) is 3. The second-order valence-electron chi connectivity index (χ2n) is 4.58. The highest BCUT2D eigenvalue weighted by Crippen LogP contribution is 2.33. The third-order valence-electron chi connectivity index (χ3n) is 3.36. The molecule has 3 rings (SSSR count). The minimum absolute atomic E-state index is 0.0704. The van der Waals surface area contributed by atoms with Crippen LogP contribution in [0.4, 0.5) is 0 Å². The van der Waals surface area contributed by atoms with E-state index in [1.54, 1.807) is 13.4 Å². The molecule has 0 aliphatic carbocycles. The number of para-hydroxylation sites is 1. The molecule has 1 aromatic carbocycles.